The Labute approximate surface area is 142 Å². The highest BCUT2D eigenvalue weighted by Gasteiger charge is 2.39. The van der Waals surface area contributed by atoms with Gasteiger partial charge in [-0.05, 0) is 41.5 Å². The highest BCUT2D eigenvalue weighted by Crippen LogP contribution is 2.34. The molecule has 1 N–H and O–H groups in total. The summed E-state index contributed by atoms with van der Waals surface area (Å²) in [5, 5.41) is 1.32. The Kier molecular flexibility index (Phi) is 3.30. The summed E-state index contributed by atoms with van der Waals surface area (Å²) in [7, 11) is 0. The van der Waals surface area contributed by atoms with E-state index in [-0.39, 0.29) is 0 Å². The van der Waals surface area contributed by atoms with E-state index in [1.54, 1.807) is 0 Å². The van der Waals surface area contributed by atoms with E-state index in [1.165, 1.54) is 48.5 Å². The summed E-state index contributed by atoms with van der Waals surface area (Å²) in [5.74, 6) is 1.59. The largest absolute Gasteiger partial charge is 0.371 e. The van der Waals surface area contributed by atoms with Crippen LogP contribution in [0.3, 0.4) is 0 Å². The van der Waals surface area contributed by atoms with E-state index < -0.39 is 0 Å². The van der Waals surface area contributed by atoms with Crippen molar-refractivity contribution in [3.8, 4) is 0 Å². The van der Waals surface area contributed by atoms with E-state index >= 15 is 0 Å². The predicted octanol–water partition coefficient (Wildman–Crippen LogP) is 3.13. The molecular formula is C20H22N4. The molecule has 2 aliphatic rings. The van der Waals surface area contributed by atoms with Gasteiger partial charge >= 0.3 is 0 Å². The van der Waals surface area contributed by atoms with Crippen molar-refractivity contribution in [2.24, 2.45) is 11.8 Å². The molecule has 0 spiro atoms. The van der Waals surface area contributed by atoms with Gasteiger partial charge in [0, 0.05) is 62.0 Å². The maximum absolute atomic E-state index is 4.13. The maximum Gasteiger partial charge on any atom is 0.0456 e. The molecule has 3 aromatic rings. The molecule has 0 radical (unpaired) electrons. The van der Waals surface area contributed by atoms with E-state index in [1.807, 2.05) is 12.4 Å². The molecule has 1 aromatic carbocycles. The van der Waals surface area contributed by atoms with Crippen LogP contribution in [-0.4, -0.2) is 41.0 Å². The normalized spacial score (nSPS) is 23.9. The van der Waals surface area contributed by atoms with Crippen molar-refractivity contribution in [2.75, 3.05) is 31.1 Å². The summed E-state index contributed by atoms with van der Waals surface area (Å²) >= 11 is 0. The topological polar surface area (TPSA) is 35.2 Å². The number of para-hydroxylation sites is 1. The Bertz CT molecular complexity index is 794. The van der Waals surface area contributed by atoms with Crippen molar-refractivity contribution in [3.63, 3.8) is 0 Å². The zero-order valence-corrected chi connectivity index (χ0v) is 13.7. The van der Waals surface area contributed by atoms with Gasteiger partial charge in [0.05, 0.1) is 0 Å². The Morgan fingerprint density at radius 3 is 2.46 bits per heavy atom. The molecule has 2 atom stereocenters. The number of H-pyrrole nitrogens is 1. The second kappa shape index (κ2) is 5.64. The summed E-state index contributed by atoms with van der Waals surface area (Å²) in [6, 6.07) is 15.1. The fraction of sp³-hybridized carbons (Fsp3) is 0.350. The molecule has 0 amide bonds. The third-order valence-corrected chi connectivity index (χ3v) is 5.57. The van der Waals surface area contributed by atoms with Crippen molar-refractivity contribution < 1.29 is 0 Å². The van der Waals surface area contributed by atoms with Gasteiger partial charge in [0.1, 0.15) is 0 Å². The lowest BCUT2D eigenvalue weighted by molar-refractivity contribution is 0.306. The number of aromatic amines is 1. The number of aromatic nitrogens is 2. The predicted molar refractivity (Wildman–Crippen MR) is 97.0 cm³/mol. The number of fused-ring (bicyclic) bond motifs is 2. The van der Waals surface area contributed by atoms with Gasteiger partial charge in [0.15, 0.2) is 0 Å². The summed E-state index contributed by atoms with van der Waals surface area (Å²) in [6.07, 6.45) is 3.79. The first-order valence-corrected chi connectivity index (χ1v) is 8.79. The molecule has 2 fully saturated rings. The molecule has 2 unspecified atom stereocenters. The fourth-order valence-electron chi connectivity index (χ4n) is 4.44. The van der Waals surface area contributed by atoms with Crippen LogP contribution in [0, 0.1) is 11.8 Å². The molecule has 4 heterocycles. The Hall–Kier alpha value is -2.33. The quantitative estimate of drug-likeness (QED) is 0.806. The minimum Gasteiger partial charge on any atom is -0.371 e. The van der Waals surface area contributed by atoms with Crippen LogP contribution in [-0.2, 0) is 6.54 Å². The van der Waals surface area contributed by atoms with E-state index in [4.69, 9.17) is 0 Å². The third kappa shape index (κ3) is 2.47. The highest BCUT2D eigenvalue weighted by atomic mass is 15.2. The molecule has 0 bridgehead atoms. The van der Waals surface area contributed by atoms with Crippen LogP contribution < -0.4 is 4.90 Å². The lowest BCUT2D eigenvalue weighted by Gasteiger charge is -2.22. The molecule has 122 valence electrons. The molecule has 2 aliphatic heterocycles. The second-order valence-electron chi connectivity index (χ2n) is 7.21. The highest BCUT2D eigenvalue weighted by molar-refractivity contribution is 5.80. The van der Waals surface area contributed by atoms with Crippen molar-refractivity contribution in [1.82, 2.24) is 14.9 Å². The summed E-state index contributed by atoms with van der Waals surface area (Å²) < 4.78 is 0. The molecule has 5 rings (SSSR count). The van der Waals surface area contributed by atoms with Crippen LogP contribution in [0.25, 0.3) is 10.9 Å². The zero-order chi connectivity index (χ0) is 15.9. The smallest absolute Gasteiger partial charge is 0.0456 e. The van der Waals surface area contributed by atoms with E-state index in [0.717, 1.165) is 18.4 Å². The van der Waals surface area contributed by atoms with E-state index in [0.29, 0.717) is 0 Å². The van der Waals surface area contributed by atoms with Crippen molar-refractivity contribution >= 4 is 16.6 Å². The lowest BCUT2D eigenvalue weighted by atomic mass is 10.0. The Balaban J connectivity index is 1.25. The van der Waals surface area contributed by atoms with Gasteiger partial charge in [-0.2, -0.15) is 0 Å². The second-order valence-corrected chi connectivity index (χ2v) is 7.21. The average molecular weight is 318 g/mol. The van der Waals surface area contributed by atoms with Gasteiger partial charge < -0.3 is 9.88 Å². The van der Waals surface area contributed by atoms with Gasteiger partial charge in [-0.15, -0.1) is 0 Å². The Morgan fingerprint density at radius 1 is 0.958 bits per heavy atom. The van der Waals surface area contributed by atoms with Gasteiger partial charge in [-0.25, -0.2) is 0 Å². The molecule has 0 aliphatic carbocycles. The van der Waals surface area contributed by atoms with Crippen molar-refractivity contribution in [3.05, 3.63) is 60.6 Å². The molecule has 4 heteroatoms. The number of pyridine rings is 1. The lowest BCUT2D eigenvalue weighted by Crippen LogP contribution is -2.28. The standard InChI is InChI=1S/C20H22N4/c1-2-4-20-15(3-1)9-18(22-20)14-23-10-16-12-24(13-17(16)11-23)19-5-7-21-8-6-19/h1-9,16-17,22H,10-14H2. The van der Waals surface area contributed by atoms with Gasteiger partial charge in [-0.3, -0.25) is 9.88 Å². The van der Waals surface area contributed by atoms with Gasteiger partial charge in [0.25, 0.3) is 0 Å². The molecule has 0 saturated carbocycles. The van der Waals surface area contributed by atoms with Crippen LogP contribution in [0.5, 0.6) is 0 Å². The van der Waals surface area contributed by atoms with Gasteiger partial charge in [0.2, 0.25) is 0 Å². The number of nitrogens with zero attached hydrogens (tertiary/aromatic N) is 3. The average Bonchev–Trinajstić information content (AvgIpc) is 3.27. The number of hydrogen-bond donors (Lipinski definition) is 1. The zero-order valence-electron chi connectivity index (χ0n) is 13.7. The third-order valence-electron chi connectivity index (χ3n) is 5.57. The summed E-state index contributed by atoms with van der Waals surface area (Å²) in [5.41, 5.74) is 3.90. The van der Waals surface area contributed by atoms with E-state index in [9.17, 15) is 0 Å². The number of nitrogens with one attached hydrogen (secondary N) is 1. The number of rotatable bonds is 3. The number of anilines is 1. The first kappa shape index (κ1) is 14.1. The molecule has 4 nitrogen and oxygen atoms in total. The summed E-state index contributed by atoms with van der Waals surface area (Å²) in [4.78, 5) is 12.8. The minimum absolute atomic E-state index is 0.794. The van der Waals surface area contributed by atoms with Crippen LogP contribution >= 0.6 is 0 Å². The SMILES string of the molecule is c1ccc2[nH]c(CN3CC4CN(c5ccncc5)CC4C3)cc2c1. The fourth-order valence-corrected chi connectivity index (χ4v) is 4.44. The first-order valence-electron chi connectivity index (χ1n) is 8.79. The van der Waals surface area contributed by atoms with Gasteiger partial charge in [-0.1, -0.05) is 18.2 Å². The molecular weight excluding hydrogens is 296 g/mol. The van der Waals surface area contributed by atoms with Crippen molar-refractivity contribution in [1.29, 1.82) is 0 Å². The van der Waals surface area contributed by atoms with Crippen LogP contribution in [0.4, 0.5) is 5.69 Å². The number of benzene rings is 1. The van der Waals surface area contributed by atoms with Crippen LogP contribution in [0.1, 0.15) is 5.69 Å². The van der Waals surface area contributed by atoms with Crippen molar-refractivity contribution in [2.45, 2.75) is 6.54 Å². The van der Waals surface area contributed by atoms with Crippen LogP contribution in [0.15, 0.2) is 54.9 Å². The minimum atomic E-state index is 0.794. The monoisotopic (exact) mass is 318 g/mol. The molecule has 2 saturated heterocycles. The first-order chi connectivity index (χ1) is 11.8. The number of likely N-dealkylation sites (tertiary alicyclic amines) is 1. The summed E-state index contributed by atoms with van der Waals surface area (Å²) in [6.45, 7) is 5.82. The molecule has 24 heavy (non-hydrogen) atoms. The maximum atomic E-state index is 4.13. The van der Waals surface area contributed by atoms with E-state index in [2.05, 4.69) is 62.2 Å². The van der Waals surface area contributed by atoms with Crippen LogP contribution in [0.2, 0.25) is 0 Å². The Morgan fingerprint density at radius 2 is 1.71 bits per heavy atom. The number of hydrogen-bond acceptors (Lipinski definition) is 3. The molecule has 2 aromatic heterocycles.